The number of H-pyrrole nitrogens is 1. The van der Waals surface area contributed by atoms with Crippen LogP contribution < -0.4 is 5.32 Å². The van der Waals surface area contributed by atoms with Crippen molar-refractivity contribution in [3.63, 3.8) is 0 Å². The second-order valence-electron chi connectivity index (χ2n) is 6.30. The Morgan fingerprint density at radius 1 is 0.962 bits per heavy atom. The number of imidazole rings is 1. The van der Waals surface area contributed by atoms with Gasteiger partial charge in [-0.1, -0.05) is 48.5 Å². The number of aromatic amines is 1. The van der Waals surface area contributed by atoms with Crippen molar-refractivity contribution in [3.05, 3.63) is 83.9 Å². The van der Waals surface area contributed by atoms with Crippen LogP contribution in [0.4, 0.5) is 5.69 Å². The van der Waals surface area contributed by atoms with E-state index in [-0.39, 0.29) is 5.91 Å². The van der Waals surface area contributed by atoms with Crippen molar-refractivity contribution in [1.29, 1.82) is 0 Å². The first kappa shape index (κ1) is 16.1. The summed E-state index contributed by atoms with van der Waals surface area (Å²) in [5, 5.41) is 3.03. The van der Waals surface area contributed by atoms with Gasteiger partial charge in [0.2, 0.25) is 5.91 Å². The molecule has 0 unspecified atom stereocenters. The summed E-state index contributed by atoms with van der Waals surface area (Å²) in [5.41, 5.74) is 5.67. The van der Waals surface area contributed by atoms with Gasteiger partial charge < -0.3 is 10.3 Å². The summed E-state index contributed by atoms with van der Waals surface area (Å²) in [4.78, 5) is 20.5. The van der Waals surface area contributed by atoms with E-state index in [1.165, 1.54) is 0 Å². The van der Waals surface area contributed by atoms with Gasteiger partial charge in [-0.15, -0.1) is 0 Å². The fourth-order valence-corrected chi connectivity index (χ4v) is 3.05. The van der Waals surface area contributed by atoms with Crippen LogP contribution in [-0.4, -0.2) is 15.9 Å². The van der Waals surface area contributed by atoms with Crippen molar-refractivity contribution in [2.45, 2.75) is 13.3 Å². The predicted octanol–water partition coefficient (Wildman–Crippen LogP) is 4.72. The van der Waals surface area contributed by atoms with Crippen LogP contribution in [0.1, 0.15) is 11.1 Å². The van der Waals surface area contributed by atoms with Crippen LogP contribution in [0.5, 0.6) is 0 Å². The van der Waals surface area contributed by atoms with Gasteiger partial charge in [-0.2, -0.15) is 0 Å². The highest BCUT2D eigenvalue weighted by Crippen LogP contribution is 2.27. The van der Waals surface area contributed by atoms with Crippen LogP contribution in [0.3, 0.4) is 0 Å². The lowest BCUT2D eigenvalue weighted by atomic mass is 10.1. The molecule has 0 aliphatic rings. The molecule has 1 amide bonds. The number of benzene rings is 3. The first-order chi connectivity index (χ1) is 12.7. The zero-order valence-electron chi connectivity index (χ0n) is 14.5. The second-order valence-corrected chi connectivity index (χ2v) is 6.30. The topological polar surface area (TPSA) is 57.8 Å². The smallest absolute Gasteiger partial charge is 0.228 e. The van der Waals surface area contributed by atoms with Crippen LogP contribution >= 0.6 is 0 Å². The highest BCUT2D eigenvalue weighted by molar-refractivity contribution is 5.96. The van der Waals surface area contributed by atoms with Crippen molar-refractivity contribution in [3.8, 4) is 11.4 Å². The van der Waals surface area contributed by atoms with E-state index < -0.39 is 0 Å². The number of fused-ring (bicyclic) bond motifs is 1. The van der Waals surface area contributed by atoms with Gasteiger partial charge in [-0.05, 0) is 42.3 Å². The van der Waals surface area contributed by atoms with Crippen LogP contribution in [0.2, 0.25) is 0 Å². The first-order valence-corrected chi connectivity index (χ1v) is 8.59. The summed E-state index contributed by atoms with van der Waals surface area (Å²) in [6.45, 7) is 2.02. The third kappa shape index (κ3) is 3.22. The molecule has 0 aliphatic carbocycles. The lowest BCUT2D eigenvalue weighted by molar-refractivity contribution is -0.115. The Balaban J connectivity index is 1.61. The van der Waals surface area contributed by atoms with Crippen LogP contribution in [0.25, 0.3) is 22.4 Å². The van der Waals surface area contributed by atoms with Gasteiger partial charge >= 0.3 is 0 Å². The number of hydrogen-bond acceptors (Lipinski definition) is 2. The number of nitrogens with zero attached hydrogens (tertiary/aromatic N) is 1. The Hall–Kier alpha value is -3.40. The Morgan fingerprint density at radius 2 is 1.69 bits per heavy atom. The Morgan fingerprint density at radius 3 is 2.54 bits per heavy atom. The monoisotopic (exact) mass is 341 g/mol. The lowest BCUT2D eigenvalue weighted by Crippen LogP contribution is -2.15. The number of hydrogen-bond donors (Lipinski definition) is 2. The average Bonchev–Trinajstić information content (AvgIpc) is 3.08. The van der Waals surface area contributed by atoms with Gasteiger partial charge in [-0.3, -0.25) is 4.79 Å². The Kier molecular flexibility index (Phi) is 4.23. The van der Waals surface area contributed by atoms with Gasteiger partial charge in [-0.25, -0.2) is 4.98 Å². The number of rotatable bonds is 4. The van der Waals surface area contributed by atoms with Gasteiger partial charge in [0.15, 0.2) is 0 Å². The highest BCUT2D eigenvalue weighted by Gasteiger charge is 2.12. The molecule has 0 saturated heterocycles. The lowest BCUT2D eigenvalue weighted by Gasteiger charge is -2.10. The minimum absolute atomic E-state index is 0.0390. The van der Waals surface area contributed by atoms with E-state index in [0.29, 0.717) is 6.42 Å². The van der Waals surface area contributed by atoms with E-state index in [1.54, 1.807) is 0 Å². The maximum absolute atomic E-state index is 12.5. The summed E-state index contributed by atoms with van der Waals surface area (Å²) >= 11 is 0. The fraction of sp³-hybridized carbons (Fsp3) is 0.0909. The molecule has 26 heavy (non-hydrogen) atoms. The van der Waals surface area contributed by atoms with Crippen molar-refractivity contribution in [1.82, 2.24) is 9.97 Å². The molecule has 0 radical (unpaired) electrons. The summed E-state index contributed by atoms with van der Waals surface area (Å²) < 4.78 is 0. The van der Waals surface area contributed by atoms with Crippen LogP contribution in [-0.2, 0) is 11.2 Å². The number of aryl methyl sites for hydroxylation is 1. The van der Waals surface area contributed by atoms with Gasteiger partial charge in [0.25, 0.3) is 0 Å². The number of anilines is 1. The number of carbonyl (C=O) groups excluding carboxylic acids is 1. The summed E-state index contributed by atoms with van der Waals surface area (Å²) in [7, 11) is 0. The normalized spacial score (nSPS) is 10.8. The molecule has 0 aliphatic heterocycles. The zero-order chi connectivity index (χ0) is 17.9. The van der Waals surface area contributed by atoms with E-state index in [9.17, 15) is 4.79 Å². The van der Waals surface area contributed by atoms with Gasteiger partial charge in [0, 0.05) is 5.56 Å². The molecule has 0 atom stereocenters. The van der Waals surface area contributed by atoms with Crippen LogP contribution in [0.15, 0.2) is 72.8 Å². The maximum atomic E-state index is 12.5. The standard InChI is InChI=1S/C22H19N3O/c1-15-8-2-3-9-16(15)14-21(26)23-18-11-5-4-10-17(18)22-24-19-12-6-7-13-20(19)25-22/h2-13H,14H2,1H3,(H,23,26)(H,24,25). The first-order valence-electron chi connectivity index (χ1n) is 8.59. The Labute approximate surface area is 151 Å². The number of para-hydroxylation sites is 3. The molecule has 1 aromatic heterocycles. The predicted molar refractivity (Wildman–Crippen MR) is 105 cm³/mol. The molecule has 2 N–H and O–H groups in total. The number of amides is 1. The molecule has 4 rings (SSSR count). The number of carbonyl (C=O) groups is 1. The summed E-state index contributed by atoms with van der Waals surface area (Å²) in [6, 6.07) is 23.5. The molecular formula is C22H19N3O. The summed E-state index contributed by atoms with van der Waals surface area (Å²) in [5.74, 6) is 0.709. The molecule has 3 aromatic carbocycles. The number of aromatic nitrogens is 2. The quantitative estimate of drug-likeness (QED) is 0.564. The molecule has 4 nitrogen and oxygen atoms in total. The minimum Gasteiger partial charge on any atom is -0.338 e. The van der Waals surface area contributed by atoms with E-state index in [0.717, 1.165) is 39.2 Å². The molecule has 4 heteroatoms. The molecule has 1 heterocycles. The molecule has 0 fully saturated rings. The molecule has 0 saturated carbocycles. The molecular weight excluding hydrogens is 322 g/mol. The van der Waals surface area contributed by atoms with E-state index in [1.807, 2.05) is 79.7 Å². The molecule has 4 aromatic rings. The van der Waals surface area contributed by atoms with Crippen molar-refractivity contribution < 1.29 is 4.79 Å². The van der Waals surface area contributed by atoms with Crippen molar-refractivity contribution >= 4 is 22.6 Å². The third-order valence-corrected chi connectivity index (χ3v) is 4.46. The van der Waals surface area contributed by atoms with E-state index >= 15 is 0 Å². The average molecular weight is 341 g/mol. The van der Waals surface area contributed by atoms with Gasteiger partial charge in [0.05, 0.1) is 23.1 Å². The number of nitrogens with one attached hydrogen (secondary N) is 2. The van der Waals surface area contributed by atoms with Gasteiger partial charge in [0.1, 0.15) is 5.82 Å². The summed E-state index contributed by atoms with van der Waals surface area (Å²) in [6.07, 6.45) is 0.348. The van der Waals surface area contributed by atoms with E-state index in [2.05, 4.69) is 15.3 Å². The molecule has 128 valence electrons. The third-order valence-electron chi connectivity index (χ3n) is 4.46. The zero-order valence-corrected chi connectivity index (χ0v) is 14.5. The molecule has 0 spiro atoms. The van der Waals surface area contributed by atoms with E-state index in [4.69, 9.17) is 0 Å². The largest absolute Gasteiger partial charge is 0.338 e. The highest BCUT2D eigenvalue weighted by atomic mass is 16.1. The fourth-order valence-electron chi connectivity index (χ4n) is 3.05. The van der Waals surface area contributed by atoms with Crippen molar-refractivity contribution in [2.24, 2.45) is 0 Å². The molecule has 0 bridgehead atoms. The maximum Gasteiger partial charge on any atom is 0.228 e. The SMILES string of the molecule is Cc1ccccc1CC(=O)Nc1ccccc1-c1nc2ccccc2[nH]1. The van der Waals surface area contributed by atoms with Crippen LogP contribution in [0, 0.1) is 6.92 Å². The van der Waals surface area contributed by atoms with Crippen molar-refractivity contribution in [2.75, 3.05) is 5.32 Å². The Bertz CT molecular complexity index is 1050. The second kappa shape index (κ2) is 6.84. The minimum atomic E-state index is -0.0390.